The number of fused-ring (bicyclic) bond motifs is 1. The highest BCUT2D eigenvalue weighted by molar-refractivity contribution is 5.97. The second-order valence-corrected chi connectivity index (χ2v) is 6.17. The van der Waals surface area contributed by atoms with Gasteiger partial charge in [0.05, 0.1) is 20.3 Å². The minimum atomic E-state index is -0.760. The number of hydrogen-bond donors (Lipinski definition) is 1. The zero-order valence-electron chi connectivity index (χ0n) is 15.2. The van der Waals surface area contributed by atoms with Crippen molar-refractivity contribution >= 4 is 23.2 Å². The molecule has 0 bridgehead atoms. The van der Waals surface area contributed by atoms with Gasteiger partial charge in [-0.25, -0.2) is 0 Å². The highest BCUT2D eigenvalue weighted by Crippen LogP contribution is 2.24. The number of methoxy groups -OCH3 is 1. The Morgan fingerprint density at radius 1 is 1.22 bits per heavy atom. The largest absolute Gasteiger partial charge is 0.497 e. The molecule has 6 nitrogen and oxygen atoms in total. The second-order valence-electron chi connectivity index (χ2n) is 6.17. The zero-order valence-corrected chi connectivity index (χ0v) is 15.2. The van der Waals surface area contributed by atoms with Gasteiger partial charge in [0.25, 0.3) is 5.91 Å². The van der Waals surface area contributed by atoms with Crippen molar-refractivity contribution < 1.29 is 23.5 Å². The van der Waals surface area contributed by atoms with Crippen molar-refractivity contribution in [2.24, 2.45) is 0 Å². The number of carbonyl (C=O) groups is 2. The third-order valence-corrected chi connectivity index (χ3v) is 4.24. The molecule has 27 heavy (non-hydrogen) atoms. The molecule has 3 aromatic rings. The molecule has 1 atom stereocenters. The third kappa shape index (κ3) is 4.54. The van der Waals surface area contributed by atoms with Crippen molar-refractivity contribution in [2.75, 3.05) is 13.7 Å². The van der Waals surface area contributed by atoms with Crippen LogP contribution in [-0.4, -0.2) is 32.0 Å². The molecule has 0 aliphatic heterocycles. The monoisotopic (exact) mass is 367 g/mol. The molecule has 0 spiro atoms. The Morgan fingerprint density at radius 3 is 2.78 bits per heavy atom. The molecule has 0 fully saturated rings. The van der Waals surface area contributed by atoms with Crippen LogP contribution in [0.15, 0.2) is 52.9 Å². The van der Waals surface area contributed by atoms with E-state index in [1.54, 1.807) is 31.4 Å². The van der Waals surface area contributed by atoms with Crippen LogP contribution in [0.4, 0.5) is 0 Å². The average Bonchev–Trinajstić information content (AvgIpc) is 3.11. The summed E-state index contributed by atoms with van der Waals surface area (Å²) in [7, 11) is 1.57. The topological polar surface area (TPSA) is 77.8 Å². The number of benzene rings is 2. The van der Waals surface area contributed by atoms with E-state index in [4.69, 9.17) is 13.9 Å². The van der Waals surface area contributed by atoms with Crippen molar-refractivity contribution in [3.8, 4) is 5.75 Å². The molecule has 0 saturated heterocycles. The van der Waals surface area contributed by atoms with Crippen LogP contribution in [0.3, 0.4) is 0 Å². The Bertz CT molecular complexity index is 947. The highest BCUT2D eigenvalue weighted by Gasteiger charge is 2.17. The number of aldehydes is 1. The number of aryl methyl sites for hydroxylation is 1. The van der Waals surface area contributed by atoms with Gasteiger partial charge >= 0.3 is 0 Å². The number of furan rings is 1. The number of nitrogens with one attached hydrogen (secondary N) is 1. The minimum absolute atomic E-state index is 0.0810. The van der Waals surface area contributed by atoms with Crippen molar-refractivity contribution in [2.45, 2.75) is 19.6 Å². The molecule has 1 amide bonds. The number of amides is 1. The van der Waals surface area contributed by atoms with E-state index in [0.717, 1.165) is 16.5 Å². The third-order valence-electron chi connectivity index (χ3n) is 4.24. The Labute approximate surface area is 157 Å². The van der Waals surface area contributed by atoms with E-state index in [-0.39, 0.29) is 12.4 Å². The standard InChI is InChI=1S/C21H21NO5/c1-14-5-3-4-6-15(14)12-26-13-17(11-23)22-21(24)20-10-16-9-18(25-2)7-8-19(16)27-20/h3-11,17H,12-13H2,1-2H3,(H,22,24). The summed E-state index contributed by atoms with van der Waals surface area (Å²) >= 11 is 0. The van der Waals surface area contributed by atoms with Gasteiger partial charge in [0.15, 0.2) is 5.76 Å². The van der Waals surface area contributed by atoms with Gasteiger partial charge in [0.2, 0.25) is 0 Å². The molecular weight excluding hydrogens is 346 g/mol. The van der Waals surface area contributed by atoms with E-state index >= 15 is 0 Å². The van der Waals surface area contributed by atoms with Gasteiger partial charge in [0, 0.05) is 5.39 Å². The summed E-state index contributed by atoms with van der Waals surface area (Å²) < 4.78 is 16.3. The Morgan fingerprint density at radius 2 is 2.04 bits per heavy atom. The summed E-state index contributed by atoms with van der Waals surface area (Å²) in [5.41, 5.74) is 2.72. The Balaban J connectivity index is 1.59. The van der Waals surface area contributed by atoms with Gasteiger partial charge in [-0.3, -0.25) is 4.79 Å². The molecule has 0 aliphatic rings. The van der Waals surface area contributed by atoms with Gasteiger partial charge in [-0.15, -0.1) is 0 Å². The molecule has 1 heterocycles. The minimum Gasteiger partial charge on any atom is -0.497 e. The van der Waals surface area contributed by atoms with Crippen LogP contribution in [-0.2, 0) is 16.1 Å². The maximum atomic E-state index is 12.4. The van der Waals surface area contributed by atoms with E-state index < -0.39 is 11.9 Å². The molecule has 0 radical (unpaired) electrons. The van der Waals surface area contributed by atoms with Gasteiger partial charge in [-0.05, 0) is 42.3 Å². The first-order valence-electron chi connectivity index (χ1n) is 8.56. The van der Waals surface area contributed by atoms with Crippen molar-refractivity contribution in [3.63, 3.8) is 0 Å². The summed E-state index contributed by atoms with van der Waals surface area (Å²) in [6.45, 7) is 2.45. The SMILES string of the molecule is COc1ccc2oc(C(=O)NC(C=O)COCc3ccccc3C)cc2c1. The van der Waals surface area contributed by atoms with Gasteiger partial charge in [-0.1, -0.05) is 24.3 Å². The molecule has 1 unspecified atom stereocenters. The normalized spacial score (nSPS) is 11.9. The molecule has 3 rings (SSSR count). The fraction of sp³-hybridized carbons (Fsp3) is 0.238. The Hall–Kier alpha value is -3.12. The average molecular weight is 367 g/mol. The molecule has 1 N–H and O–H groups in total. The van der Waals surface area contributed by atoms with E-state index in [2.05, 4.69) is 5.32 Å². The summed E-state index contributed by atoms with van der Waals surface area (Å²) in [5.74, 6) is 0.330. The first kappa shape index (κ1) is 18.7. The quantitative estimate of drug-likeness (QED) is 0.618. The maximum absolute atomic E-state index is 12.4. The van der Waals surface area contributed by atoms with Crippen LogP contribution in [0.2, 0.25) is 0 Å². The van der Waals surface area contributed by atoms with Gasteiger partial charge in [0.1, 0.15) is 23.7 Å². The van der Waals surface area contributed by atoms with E-state index in [0.29, 0.717) is 24.2 Å². The summed E-state index contributed by atoms with van der Waals surface area (Å²) in [5, 5.41) is 3.36. The highest BCUT2D eigenvalue weighted by atomic mass is 16.5. The number of ether oxygens (including phenoxy) is 2. The van der Waals surface area contributed by atoms with Crippen LogP contribution in [0.5, 0.6) is 5.75 Å². The number of carbonyl (C=O) groups excluding carboxylic acids is 2. The molecule has 2 aromatic carbocycles. The predicted molar refractivity (Wildman–Crippen MR) is 101 cm³/mol. The lowest BCUT2D eigenvalue weighted by Crippen LogP contribution is -2.39. The van der Waals surface area contributed by atoms with Crippen LogP contribution in [0.25, 0.3) is 11.0 Å². The molecule has 140 valence electrons. The molecule has 1 aromatic heterocycles. The van der Waals surface area contributed by atoms with E-state index in [1.165, 1.54) is 0 Å². The molecule has 0 saturated carbocycles. The second kappa shape index (κ2) is 8.51. The van der Waals surface area contributed by atoms with Crippen LogP contribution in [0.1, 0.15) is 21.7 Å². The summed E-state index contributed by atoms with van der Waals surface area (Å²) in [4.78, 5) is 23.7. The molecule has 0 aliphatic carbocycles. The Kier molecular flexibility index (Phi) is 5.88. The van der Waals surface area contributed by atoms with Crippen molar-refractivity contribution in [1.29, 1.82) is 0 Å². The van der Waals surface area contributed by atoms with E-state index in [1.807, 2.05) is 31.2 Å². The first-order valence-corrected chi connectivity index (χ1v) is 8.56. The fourth-order valence-electron chi connectivity index (χ4n) is 2.68. The van der Waals surface area contributed by atoms with Gasteiger partial charge in [-0.2, -0.15) is 0 Å². The zero-order chi connectivity index (χ0) is 19.2. The molecule has 6 heteroatoms. The lowest BCUT2D eigenvalue weighted by molar-refractivity contribution is -0.110. The van der Waals surface area contributed by atoms with Crippen LogP contribution < -0.4 is 10.1 Å². The summed E-state index contributed by atoms with van der Waals surface area (Å²) in [6.07, 6.45) is 0.654. The smallest absolute Gasteiger partial charge is 0.287 e. The van der Waals surface area contributed by atoms with Crippen LogP contribution in [0, 0.1) is 6.92 Å². The van der Waals surface area contributed by atoms with Crippen molar-refractivity contribution in [3.05, 3.63) is 65.4 Å². The lowest BCUT2D eigenvalue weighted by atomic mass is 10.1. The number of rotatable bonds is 8. The van der Waals surface area contributed by atoms with Crippen molar-refractivity contribution in [1.82, 2.24) is 5.32 Å². The predicted octanol–water partition coefficient (Wildman–Crippen LogP) is 3.26. The van der Waals surface area contributed by atoms with E-state index in [9.17, 15) is 9.59 Å². The van der Waals surface area contributed by atoms with Crippen LogP contribution >= 0.6 is 0 Å². The summed E-state index contributed by atoms with van der Waals surface area (Å²) in [6, 6.07) is 14.0. The van der Waals surface area contributed by atoms with Gasteiger partial charge < -0.3 is 24.0 Å². The lowest BCUT2D eigenvalue weighted by Gasteiger charge is -2.13. The first-order chi connectivity index (χ1) is 13.1. The number of hydrogen-bond acceptors (Lipinski definition) is 5. The fourth-order valence-corrected chi connectivity index (χ4v) is 2.68. The molecular formula is C21H21NO5. The maximum Gasteiger partial charge on any atom is 0.287 e.